The van der Waals surface area contributed by atoms with Crippen molar-refractivity contribution in [2.45, 2.75) is 59.0 Å². The average molecular weight is 288 g/mol. The van der Waals surface area contributed by atoms with E-state index in [1.54, 1.807) is 0 Å². The maximum absolute atomic E-state index is 6.10. The maximum atomic E-state index is 6.10. The topological polar surface area (TPSA) is 43.8 Å². The minimum absolute atomic E-state index is 0.244. The number of aromatic nitrogens is 2. The van der Waals surface area contributed by atoms with Crippen molar-refractivity contribution in [3.05, 3.63) is 15.9 Å². The Morgan fingerprint density at radius 1 is 1.38 bits per heavy atom. The number of hydrogen-bond acceptors (Lipinski definition) is 2. The van der Waals surface area contributed by atoms with Gasteiger partial charge in [0.05, 0.1) is 15.9 Å². The van der Waals surface area contributed by atoms with Crippen LogP contribution in [0.1, 0.15) is 45.0 Å². The van der Waals surface area contributed by atoms with E-state index in [-0.39, 0.29) is 6.04 Å². The van der Waals surface area contributed by atoms with Crippen LogP contribution in [0.25, 0.3) is 0 Å². The first-order chi connectivity index (χ1) is 7.63. The molecule has 0 spiro atoms. The molecule has 0 aliphatic heterocycles. The molecular weight excluding hydrogens is 266 g/mol. The summed E-state index contributed by atoms with van der Waals surface area (Å²) in [5.41, 5.74) is 8.49. The zero-order valence-corrected chi connectivity index (χ0v) is 12.0. The second-order valence-electron chi connectivity index (χ2n) is 4.13. The Morgan fingerprint density at radius 2 is 2.06 bits per heavy atom. The molecule has 4 heteroatoms. The van der Waals surface area contributed by atoms with Crippen molar-refractivity contribution in [1.29, 1.82) is 0 Å². The molecule has 0 saturated carbocycles. The van der Waals surface area contributed by atoms with Gasteiger partial charge in [0.25, 0.3) is 0 Å². The van der Waals surface area contributed by atoms with Gasteiger partial charge < -0.3 is 5.73 Å². The van der Waals surface area contributed by atoms with E-state index in [0.717, 1.165) is 42.4 Å². The molecule has 1 aromatic heterocycles. The Kier molecular flexibility index (Phi) is 5.49. The van der Waals surface area contributed by atoms with Crippen molar-refractivity contribution in [1.82, 2.24) is 9.78 Å². The molecule has 1 unspecified atom stereocenters. The van der Waals surface area contributed by atoms with E-state index in [9.17, 15) is 0 Å². The first-order valence-electron chi connectivity index (χ1n) is 6.13. The van der Waals surface area contributed by atoms with E-state index in [2.05, 4.69) is 46.5 Å². The highest BCUT2D eigenvalue weighted by molar-refractivity contribution is 9.10. The normalized spacial score (nSPS) is 13.1. The SMILES string of the molecule is CCCC(N)Cc1c(Br)c(CC)nn1CC. The lowest BCUT2D eigenvalue weighted by Crippen LogP contribution is -2.24. The van der Waals surface area contributed by atoms with Gasteiger partial charge in [0.1, 0.15) is 0 Å². The molecule has 0 radical (unpaired) electrons. The van der Waals surface area contributed by atoms with Crippen LogP contribution in [0.2, 0.25) is 0 Å². The van der Waals surface area contributed by atoms with Crippen molar-refractivity contribution >= 4 is 15.9 Å². The quantitative estimate of drug-likeness (QED) is 0.874. The summed E-state index contributed by atoms with van der Waals surface area (Å²) >= 11 is 3.64. The Bertz CT molecular complexity index is 333. The Morgan fingerprint density at radius 3 is 2.56 bits per heavy atom. The summed E-state index contributed by atoms with van der Waals surface area (Å²) in [6, 6.07) is 0.244. The minimum Gasteiger partial charge on any atom is -0.327 e. The number of rotatable bonds is 6. The van der Waals surface area contributed by atoms with Crippen LogP contribution in [0.3, 0.4) is 0 Å². The van der Waals surface area contributed by atoms with Crippen molar-refractivity contribution in [2.75, 3.05) is 0 Å². The summed E-state index contributed by atoms with van der Waals surface area (Å²) in [6.45, 7) is 7.33. The number of nitrogens with zero attached hydrogens (tertiary/aromatic N) is 2. The largest absolute Gasteiger partial charge is 0.327 e. The van der Waals surface area contributed by atoms with Crippen LogP contribution in [0.5, 0.6) is 0 Å². The summed E-state index contributed by atoms with van der Waals surface area (Å²) < 4.78 is 3.22. The fourth-order valence-corrected chi connectivity index (χ4v) is 2.66. The third-order valence-corrected chi connectivity index (χ3v) is 3.72. The van der Waals surface area contributed by atoms with E-state index in [1.165, 1.54) is 5.69 Å². The van der Waals surface area contributed by atoms with E-state index in [4.69, 9.17) is 5.73 Å². The molecule has 16 heavy (non-hydrogen) atoms. The van der Waals surface area contributed by atoms with Gasteiger partial charge in [0.2, 0.25) is 0 Å². The zero-order chi connectivity index (χ0) is 12.1. The van der Waals surface area contributed by atoms with Gasteiger partial charge >= 0.3 is 0 Å². The summed E-state index contributed by atoms with van der Waals surface area (Å²) in [4.78, 5) is 0. The van der Waals surface area contributed by atoms with E-state index < -0.39 is 0 Å². The lowest BCUT2D eigenvalue weighted by atomic mass is 10.1. The lowest BCUT2D eigenvalue weighted by Gasteiger charge is -2.11. The molecule has 0 amide bonds. The molecule has 0 fully saturated rings. The summed E-state index contributed by atoms with van der Waals surface area (Å²) in [5.74, 6) is 0. The number of nitrogens with two attached hydrogens (primary N) is 1. The van der Waals surface area contributed by atoms with Crippen LogP contribution in [-0.2, 0) is 19.4 Å². The molecule has 1 heterocycles. The molecule has 0 aliphatic rings. The van der Waals surface area contributed by atoms with Crippen LogP contribution in [0.4, 0.5) is 0 Å². The predicted octanol–water partition coefficient (Wildman–Crippen LogP) is 2.90. The van der Waals surface area contributed by atoms with Crippen molar-refractivity contribution in [2.24, 2.45) is 5.73 Å². The Hall–Kier alpha value is -0.350. The second-order valence-corrected chi connectivity index (χ2v) is 4.92. The number of aryl methyl sites for hydroxylation is 2. The summed E-state index contributed by atoms with van der Waals surface area (Å²) in [6.07, 6.45) is 4.08. The Balaban J connectivity index is 2.88. The summed E-state index contributed by atoms with van der Waals surface area (Å²) in [7, 11) is 0. The van der Waals surface area contributed by atoms with Gasteiger partial charge in [-0.1, -0.05) is 20.3 Å². The molecule has 0 bridgehead atoms. The van der Waals surface area contributed by atoms with Crippen LogP contribution < -0.4 is 5.73 Å². The van der Waals surface area contributed by atoms with Crippen molar-refractivity contribution in [3.63, 3.8) is 0 Å². The molecule has 92 valence electrons. The molecule has 1 aromatic rings. The third-order valence-electron chi connectivity index (χ3n) is 2.81. The van der Waals surface area contributed by atoms with Crippen LogP contribution in [0.15, 0.2) is 4.47 Å². The monoisotopic (exact) mass is 287 g/mol. The van der Waals surface area contributed by atoms with Crippen LogP contribution >= 0.6 is 15.9 Å². The predicted molar refractivity (Wildman–Crippen MR) is 71.6 cm³/mol. The standard InChI is InChI=1S/C12H22BrN3/c1-4-7-9(14)8-11-12(13)10(5-2)15-16(11)6-3/h9H,4-8,14H2,1-3H3. The molecular formula is C12H22BrN3. The van der Waals surface area contributed by atoms with Gasteiger partial charge in [0, 0.05) is 19.0 Å². The van der Waals surface area contributed by atoms with E-state index >= 15 is 0 Å². The molecule has 2 N–H and O–H groups in total. The van der Waals surface area contributed by atoms with Crippen LogP contribution in [-0.4, -0.2) is 15.8 Å². The average Bonchev–Trinajstić information content (AvgIpc) is 2.56. The summed E-state index contributed by atoms with van der Waals surface area (Å²) in [5, 5.41) is 4.57. The van der Waals surface area contributed by atoms with E-state index in [1.807, 2.05) is 0 Å². The van der Waals surface area contributed by atoms with E-state index in [0.29, 0.717) is 0 Å². The van der Waals surface area contributed by atoms with Gasteiger partial charge in [-0.2, -0.15) is 5.10 Å². The fraction of sp³-hybridized carbons (Fsp3) is 0.750. The molecule has 1 rings (SSSR count). The third kappa shape index (κ3) is 3.08. The highest BCUT2D eigenvalue weighted by atomic mass is 79.9. The molecule has 1 atom stereocenters. The second kappa shape index (κ2) is 6.40. The zero-order valence-electron chi connectivity index (χ0n) is 10.5. The Labute approximate surface area is 107 Å². The smallest absolute Gasteiger partial charge is 0.0766 e. The number of halogens is 1. The van der Waals surface area contributed by atoms with Gasteiger partial charge in [0.15, 0.2) is 0 Å². The van der Waals surface area contributed by atoms with Crippen molar-refractivity contribution < 1.29 is 0 Å². The van der Waals surface area contributed by atoms with Crippen molar-refractivity contribution in [3.8, 4) is 0 Å². The minimum atomic E-state index is 0.244. The molecule has 0 aromatic carbocycles. The molecule has 0 aliphatic carbocycles. The molecule has 0 saturated heterocycles. The highest BCUT2D eigenvalue weighted by Gasteiger charge is 2.15. The first kappa shape index (κ1) is 13.7. The van der Waals surface area contributed by atoms with Gasteiger partial charge in [-0.3, -0.25) is 4.68 Å². The lowest BCUT2D eigenvalue weighted by molar-refractivity contribution is 0.548. The van der Waals surface area contributed by atoms with Gasteiger partial charge in [-0.15, -0.1) is 0 Å². The number of hydrogen-bond donors (Lipinski definition) is 1. The van der Waals surface area contributed by atoms with Gasteiger partial charge in [-0.05, 0) is 35.7 Å². The fourth-order valence-electron chi connectivity index (χ4n) is 1.93. The highest BCUT2D eigenvalue weighted by Crippen LogP contribution is 2.23. The molecule has 3 nitrogen and oxygen atoms in total. The van der Waals surface area contributed by atoms with Gasteiger partial charge in [-0.25, -0.2) is 0 Å². The first-order valence-corrected chi connectivity index (χ1v) is 6.92. The van der Waals surface area contributed by atoms with Crippen LogP contribution in [0, 0.1) is 0 Å². The maximum Gasteiger partial charge on any atom is 0.0766 e.